The van der Waals surface area contributed by atoms with Gasteiger partial charge in [0.05, 0.1) is 10.5 Å². The molecule has 0 spiro atoms. The molecule has 2 aromatic carbocycles. The van der Waals surface area contributed by atoms with Crippen LogP contribution in [-0.2, 0) is 15.5 Å². The van der Waals surface area contributed by atoms with E-state index in [-0.39, 0.29) is 29.3 Å². The number of benzene rings is 2. The zero-order chi connectivity index (χ0) is 18.2. The Kier molecular flexibility index (Phi) is 4.60. The van der Waals surface area contributed by atoms with Gasteiger partial charge in [0.25, 0.3) is 5.91 Å². The first kappa shape index (κ1) is 17.9. The van der Waals surface area contributed by atoms with Crippen LogP contribution >= 0.6 is 11.6 Å². The van der Waals surface area contributed by atoms with Crippen molar-refractivity contribution in [3.63, 3.8) is 0 Å². The van der Waals surface area contributed by atoms with Crippen molar-refractivity contribution in [1.29, 1.82) is 0 Å². The van der Waals surface area contributed by atoms with Crippen molar-refractivity contribution in [3.05, 3.63) is 64.7 Å². The number of sulfone groups is 1. The summed E-state index contributed by atoms with van der Waals surface area (Å²) in [4.78, 5) is 12.4. The van der Waals surface area contributed by atoms with Gasteiger partial charge in [0, 0.05) is 30.2 Å². The summed E-state index contributed by atoms with van der Waals surface area (Å²) in [5, 5.41) is 3.17. The SMILES string of the molecule is CS(=O)(=O)c1ccccc1C(=O)NC1CC(F)(c2cccc(Cl)c2)C1. The van der Waals surface area contributed by atoms with Crippen LogP contribution in [0.25, 0.3) is 0 Å². The predicted octanol–water partition coefficient (Wildman–Crippen LogP) is 3.50. The number of nitrogens with one attached hydrogen (secondary N) is 1. The standard InChI is InChI=1S/C18H17ClFNO3S/c1-25(23,24)16-8-3-2-7-15(16)17(22)21-14-10-18(20,11-14)12-5-4-6-13(19)9-12/h2-9,14H,10-11H2,1H3,(H,21,22). The Morgan fingerprint density at radius 3 is 2.52 bits per heavy atom. The number of halogens is 2. The van der Waals surface area contributed by atoms with E-state index in [1.807, 2.05) is 0 Å². The quantitative estimate of drug-likeness (QED) is 0.881. The molecule has 1 saturated carbocycles. The number of carbonyl (C=O) groups excluding carboxylic acids is 1. The van der Waals surface area contributed by atoms with Gasteiger partial charge in [-0.05, 0) is 29.8 Å². The number of hydrogen-bond acceptors (Lipinski definition) is 3. The van der Waals surface area contributed by atoms with Crippen LogP contribution in [0.1, 0.15) is 28.8 Å². The maximum atomic E-state index is 14.9. The van der Waals surface area contributed by atoms with E-state index in [4.69, 9.17) is 11.6 Å². The lowest BCUT2D eigenvalue weighted by atomic mass is 9.73. The highest BCUT2D eigenvalue weighted by Gasteiger charge is 2.47. The molecule has 0 radical (unpaired) electrons. The van der Waals surface area contributed by atoms with Crippen molar-refractivity contribution in [1.82, 2.24) is 5.32 Å². The lowest BCUT2D eigenvalue weighted by Gasteiger charge is -2.42. The van der Waals surface area contributed by atoms with Crippen LogP contribution in [-0.4, -0.2) is 26.6 Å². The van der Waals surface area contributed by atoms with E-state index in [0.717, 1.165) is 6.26 Å². The third kappa shape index (κ3) is 3.70. The highest BCUT2D eigenvalue weighted by atomic mass is 35.5. The van der Waals surface area contributed by atoms with Gasteiger partial charge in [-0.3, -0.25) is 4.79 Å². The first-order valence-electron chi connectivity index (χ1n) is 7.74. The topological polar surface area (TPSA) is 63.2 Å². The Hall–Kier alpha value is -1.92. The molecular formula is C18H17ClFNO3S. The van der Waals surface area contributed by atoms with Crippen molar-refractivity contribution in [2.75, 3.05) is 6.26 Å². The Labute approximate surface area is 150 Å². The largest absolute Gasteiger partial charge is 0.349 e. The van der Waals surface area contributed by atoms with Crippen LogP contribution in [0.4, 0.5) is 4.39 Å². The minimum atomic E-state index is -3.52. The smallest absolute Gasteiger partial charge is 0.252 e. The molecule has 0 saturated heterocycles. The van der Waals surface area contributed by atoms with Crippen molar-refractivity contribution >= 4 is 27.3 Å². The molecule has 0 unspecified atom stereocenters. The average Bonchev–Trinajstić information content (AvgIpc) is 2.52. The number of carbonyl (C=O) groups is 1. The molecule has 1 aliphatic carbocycles. The minimum Gasteiger partial charge on any atom is -0.349 e. The summed E-state index contributed by atoms with van der Waals surface area (Å²) in [7, 11) is -3.52. The van der Waals surface area contributed by atoms with Crippen LogP contribution in [0.5, 0.6) is 0 Å². The molecule has 25 heavy (non-hydrogen) atoms. The van der Waals surface area contributed by atoms with E-state index in [1.165, 1.54) is 12.1 Å². The van der Waals surface area contributed by atoms with Crippen LogP contribution in [0.3, 0.4) is 0 Å². The van der Waals surface area contributed by atoms with Gasteiger partial charge < -0.3 is 5.32 Å². The van der Waals surface area contributed by atoms with Gasteiger partial charge in [-0.25, -0.2) is 12.8 Å². The highest BCUT2D eigenvalue weighted by Crippen LogP contribution is 2.45. The fourth-order valence-electron chi connectivity index (χ4n) is 3.07. The summed E-state index contributed by atoms with van der Waals surface area (Å²) in [5.74, 6) is -0.515. The van der Waals surface area contributed by atoms with Gasteiger partial charge in [-0.1, -0.05) is 35.9 Å². The Morgan fingerprint density at radius 1 is 1.20 bits per heavy atom. The Balaban J connectivity index is 1.71. The number of rotatable bonds is 4. The Bertz CT molecular complexity index is 923. The second-order valence-electron chi connectivity index (χ2n) is 6.32. The molecule has 1 amide bonds. The highest BCUT2D eigenvalue weighted by molar-refractivity contribution is 7.90. The van der Waals surface area contributed by atoms with Crippen LogP contribution in [0.2, 0.25) is 5.02 Å². The monoisotopic (exact) mass is 381 g/mol. The summed E-state index contributed by atoms with van der Waals surface area (Å²) < 4.78 is 38.5. The zero-order valence-corrected chi connectivity index (χ0v) is 15.1. The van der Waals surface area contributed by atoms with Gasteiger partial charge in [-0.15, -0.1) is 0 Å². The van der Waals surface area contributed by atoms with E-state index in [0.29, 0.717) is 10.6 Å². The molecule has 1 fully saturated rings. The van der Waals surface area contributed by atoms with Crippen LogP contribution in [0, 0.1) is 0 Å². The molecule has 1 N–H and O–H groups in total. The summed E-state index contributed by atoms with van der Waals surface area (Å²) in [5.41, 5.74) is -0.967. The van der Waals surface area contributed by atoms with Gasteiger partial charge in [0.2, 0.25) is 0 Å². The molecule has 3 rings (SSSR count). The average molecular weight is 382 g/mol. The number of alkyl halides is 1. The molecule has 0 heterocycles. The van der Waals surface area contributed by atoms with E-state index in [2.05, 4.69) is 5.32 Å². The first-order valence-corrected chi connectivity index (χ1v) is 10.0. The predicted molar refractivity (Wildman–Crippen MR) is 94.3 cm³/mol. The third-order valence-electron chi connectivity index (χ3n) is 4.35. The fraction of sp³-hybridized carbons (Fsp3) is 0.278. The zero-order valence-electron chi connectivity index (χ0n) is 13.5. The van der Waals surface area contributed by atoms with E-state index < -0.39 is 21.4 Å². The molecule has 7 heteroatoms. The molecular weight excluding hydrogens is 365 g/mol. The van der Waals surface area contributed by atoms with Crippen molar-refractivity contribution in [2.45, 2.75) is 29.4 Å². The molecule has 4 nitrogen and oxygen atoms in total. The van der Waals surface area contributed by atoms with Gasteiger partial charge in [-0.2, -0.15) is 0 Å². The van der Waals surface area contributed by atoms with Crippen LogP contribution < -0.4 is 5.32 Å². The first-order chi connectivity index (χ1) is 11.7. The summed E-state index contributed by atoms with van der Waals surface area (Å²) in [6, 6.07) is 12.2. The van der Waals surface area contributed by atoms with Gasteiger partial charge in [0.15, 0.2) is 9.84 Å². The van der Waals surface area contributed by atoms with Crippen molar-refractivity contribution < 1.29 is 17.6 Å². The van der Waals surface area contributed by atoms with E-state index >= 15 is 0 Å². The second-order valence-corrected chi connectivity index (χ2v) is 8.74. The molecule has 0 atom stereocenters. The van der Waals surface area contributed by atoms with E-state index in [1.54, 1.807) is 36.4 Å². The molecule has 2 aromatic rings. The lowest BCUT2D eigenvalue weighted by molar-refractivity contribution is 0.0247. The molecule has 0 bridgehead atoms. The molecule has 0 aromatic heterocycles. The van der Waals surface area contributed by atoms with Crippen molar-refractivity contribution in [2.24, 2.45) is 0 Å². The molecule has 0 aliphatic heterocycles. The van der Waals surface area contributed by atoms with Crippen molar-refractivity contribution in [3.8, 4) is 0 Å². The Morgan fingerprint density at radius 2 is 1.88 bits per heavy atom. The third-order valence-corrected chi connectivity index (χ3v) is 5.74. The van der Waals surface area contributed by atoms with Gasteiger partial charge >= 0.3 is 0 Å². The summed E-state index contributed by atoms with van der Waals surface area (Å²) >= 11 is 5.90. The minimum absolute atomic E-state index is 0.0341. The van der Waals surface area contributed by atoms with E-state index in [9.17, 15) is 17.6 Å². The van der Waals surface area contributed by atoms with Gasteiger partial charge in [0.1, 0.15) is 5.67 Å². The molecule has 132 valence electrons. The summed E-state index contributed by atoms with van der Waals surface area (Å²) in [6.07, 6.45) is 1.30. The number of hydrogen-bond donors (Lipinski definition) is 1. The second kappa shape index (κ2) is 6.42. The molecule has 1 aliphatic rings. The maximum Gasteiger partial charge on any atom is 0.252 e. The lowest BCUT2D eigenvalue weighted by Crippen LogP contribution is -2.51. The van der Waals surface area contributed by atoms with Crippen LogP contribution in [0.15, 0.2) is 53.4 Å². The fourth-order valence-corrected chi connectivity index (χ4v) is 4.14. The maximum absolute atomic E-state index is 14.9. The number of amides is 1. The normalized spacial score (nSPS) is 22.9. The summed E-state index contributed by atoms with van der Waals surface area (Å²) in [6.45, 7) is 0.